The van der Waals surface area contributed by atoms with Crippen LogP contribution < -0.4 is 0 Å². The van der Waals surface area contributed by atoms with Crippen LogP contribution in [0.15, 0.2) is 461 Å². The average Bonchev–Trinajstić information content (AvgIpc) is 1.58. The summed E-state index contributed by atoms with van der Waals surface area (Å²) in [5, 5.41) is 0. The van der Waals surface area contributed by atoms with E-state index < -0.39 is 0 Å². The zero-order valence-corrected chi connectivity index (χ0v) is 67.6. The Hall–Kier alpha value is -16.5. The SMILES string of the molecule is O=C(c1ccc(-c2ccccc2)cc1)c1c(C(=O)c2ccc(-c3ccccc3)cc2)c2cc3nc(cc4[nH]c(cc5nc(cc1[nH]2)C(c1ccc(-c2ccccc2)cc1)=C5c1ccc(-c2ccccc2)cc1)c(-c1ccc(-c2ccccc2)cc1)c4-c1ccc(-c2ccccc2)cc1)C(c1ccc(-c2ccccc2)cc1)=C3c1ccc(-c2ccccc2)cc1. The number of carbonyl (C=O) groups is 2. The smallest absolute Gasteiger partial charge is 0.195 e. The monoisotopic (exact) mass is 1580 g/mol. The number of hydrogen-bond donors (Lipinski definition) is 2. The first-order valence-electron chi connectivity index (χ1n) is 42.0. The number of ketones is 2. The number of aromatic amines is 2. The van der Waals surface area contributed by atoms with Crippen molar-refractivity contribution >= 4 is 55.9 Å². The van der Waals surface area contributed by atoms with Crippen LogP contribution in [-0.2, 0) is 0 Å². The lowest BCUT2D eigenvalue weighted by Crippen LogP contribution is -2.10. The van der Waals surface area contributed by atoms with Gasteiger partial charge in [-0.2, -0.15) is 0 Å². The molecule has 6 nitrogen and oxygen atoms in total. The molecule has 19 aromatic rings. The van der Waals surface area contributed by atoms with E-state index in [2.05, 4.69) is 350 Å². The summed E-state index contributed by atoms with van der Waals surface area (Å²) < 4.78 is 0. The summed E-state index contributed by atoms with van der Waals surface area (Å²) in [5.41, 5.74) is 33.4. The molecular formula is C118H78N4O2. The van der Waals surface area contributed by atoms with Gasteiger partial charge >= 0.3 is 0 Å². The van der Waals surface area contributed by atoms with Crippen molar-refractivity contribution in [1.29, 1.82) is 0 Å². The van der Waals surface area contributed by atoms with Gasteiger partial charge < -0.3 is 9.97 Å². The van der Waals surface area contributed by atoms with E-state index in [-0.39, 0.29) is 22.7 Å². The lowest BCUT2D eigenvalue weighted by Gasteiger charge is -2.12. The highest BCUT2D eigenvalue weighted by Crippen LogP contribution is 2.48. The highest BCUT2D eigenvalue weighted by atomic mass is 16.1. The molecule has 0 spiro atoms. The van der Waals surface area contributed by atoms with Gasteiger partial charge in [0.05, 0.1) is 44.9 Å². The van der Waals surface area contributed by atoms with E-state index in [0.29, 0.717) is 44.9 Å². The fourth-order valence-electron chi connectivity index (χ4n) is 17.6. The summed E-state index contributed by atoms with van der Waals surface area (Å²) in [6, 6.07) is 160. The van der Waals surface area contributed by atoms with Gasteiger partial charge in [-0.3, -0.25) is 9.59 Å². The first-order chi connectivity index (χ1) is 61.3. The quantitative estimate of drug-likeness (QED) is 0.0838. The van der Waals surface area contributed by atoms with Gasteiger partial charge in [-0.25, -0.2) is 9.97 Å². The molecule has 582 valence electrons. The van der Waals surface area contributed by atoms with E-state index in [4.69, 9.17) is 9.97 Å². The van der Waals surface area contributed by atoms with Crippen LogP contribution in [-0.4, -0.2) is 31.5 Å². The predicted octanol–water partition coefficient (Wildman–Crippen LogP) is 29.5. The molecule has 21 rings (SSSR count). The van der Waals surface area contributed by atoms with Gasteiger partial charge in [0.15, 0.2) is 11.6 Å². The number of nitrogens with zero attached hydrogens (tertiary/aromatic N) is 2. The molecule has 0 saturated carbocycles. The van der Waals surface area contributed by atoms with Crippen LogP contribution in [0.3, 0.4) is 0 Å². The third-order valence-electron chi connectivity index (χ3n) is 23.9. The maximum Gasteiger partial charge on any atom is 0.195 e. The number of nitrogens with one attached hydrogen (secondary N) is 2. The molecule has 8 bridgehead atoms. The Morgan fingerprint density at radius 3 is 0.516 bits per heavy atom. The molecule has 16 aromatic carbocycles. The normalized spacial score (nSPS) is 11.9. The number of carbonyl (C=O) groups excluding carboxylic acids is 2. The number of H-pyrrole nitrogens is 2. The third-order valence-corrected chi connectivity index (χ3v) is 23.9. The van der Waals surface area contributed by atoms with Crippen LogP contribution in [0.2, 0.25) is 0 Å². The van der Waals surface area contributed by atoms with Crippen LogP contribution in [0.4, 0.5) is 0 Å². The van der Waals surface area contributed by atoms with Crippen molar-refractivity contribution in [3.63, 3.8) is 0 Å². The van der Waals surface area contributed by atoms with E-state index in [1.54, 1.807) is 0 Å². The largest absolute Gasteiger partial charge is 0.354 e. The topological polar surface area (TPSA) is 91.5 Å². The Morgan fingerprint density at radius 2 is 0.315 bits per heavy atom. The minimum absolute atomic E-state index is 0.175. The molecule has 0 unspecified atom stereocenters. The number of fused-ring (bicyclic) bond motifs is 8. The maximum atomic E-state index is 17.0. The minimum atomic E-state index is -0.362. The van der Waals surface area contributed by atoms with E-state index in [1.165, 1.54) is 0 Å². The summed E-state index contributed by atoms with van der Waals surface area (Å²) in [4.78, 5) is 54.3. The summed E-state index contributed by atoms with van der Waals surface area (Å²) in [7, 11) is 0. The summed E-state index contributed by atoms with van der Waals surface area (Å²) in [6.07, 6.45) is 0. The van der Waals surface area contributed by atoms with Crippen molar-refractivity contribution in [3.8, 4) is 111 Å². The number of aromatic nitrogens is 4. The molecule has 0 fully saturated rings. The Morgan fingerprint density at radius 1 is 0.161 bits per heavy atom. The molecule has 3 aromatic heterocycles. The molecule has 0 saturated heterocycles. The molecule has 2 N–H and O–H groups in total. The van der Waals surface area contributed by atoms with Crippen molar-refractivity contribution in [2.75, 3.05) is 0 Å². The first kappa shape index (κ1) is 75.0. The van der Waals surface area contributed by atoms with Gasteiger partial charge in [0.2, 0.25) is 0 Å². The van der Waals surface area contributed by atoms with E-state index >= 15 is 9.59 Å². The Balaban J connectivity index is 0.928. The lowest BCUT2D eigenvalue weighted by molar-refractivity contribution is 0.101. The zero-order valence-electron chi connectivity index (χ0n) is 67.6. The third kappa shape index (κ3) is 14.7. The molecule has 5 heterocycles. The Bertz CT molecular complexity index is 7000. The van der Waals surface area contributed by atoms with Gasteiger partial charge in [-0.15, -0.1) is 0 Å². The highest BCUT2D eigenvalue weighted by molar-refractivity contribution is 6.27. The molecule has 2 aliphatic heterocycles. The van der Waals surface area contributed by atoms with Gasteiger partial charge in [0.25, 0.3) is 0 Å². The number of rotatable bonds is 18. The van der Waals surface area contributed by atoms with Crippen molar-refractivity contribution in [1.82, 2.24) is 19.9 Å². The minimum Gasteiger partial charge on any atom is -0.354 e. The second kappa shape index (κ2) is 33.0. The Kier molecular flexibility index (Phi) is 19.9. The predicted molar refractivity (Wildman–Crippen MR) is 511 cm³/mol. The van der Waals surface area contributed by atoms with Crippen molar-refractivity contribution < 1.29 is 9.59 Å². The molecule has 2 aliphatic rings. The number of benzene rings is 16. The van der Waals surface area contributed by atoms with Crippen molar-refractivity contribution in [2.24, 2.45) is 0 Å². The summed E-state index contributed by atoms with van der Waals surface area (Å²) in [6.45, 7) is 0. The molecule has 0 aliphatic carbocycles. The summed E-state index contributed by atoms with van der Waals surface area (Å²) in [5.74, 6) is -0.724. The van der Waals surface area contributed by atoms with Gasteiger partial charge in [0, 0.05) is 55.6 Å². The molecule has 0 amide bonds. The summed E-state index contributed by atoms with van der Waals surface area (Å²) >= 11 is 0. The molecule has 0 radical (unpaired) electrons. The average molecular weight is 1580 g/mol. The Labute approximate surface area is 720 Å². The van der Waals surface area contributed by atoms with Crippen molar-refractivity contribution in [2.45, 2.75) is 0 Å². The van der Waals surface area contributed by atoms with Crippen molar-refractivity contribution in [3.05, 3.63) is 528 Å². The molecule has 124 heavy (non-hydrogen) atoms. The van der Waals surface area contributed by atoms with Crippen LogP contribution in [0.25, 0.3) is 156 Å². The fraction of sp³-hybridized carbons (Fsp3) is 0. The van der Waals surface area contributed by atoms with E-state index in [9.17, 15) is 0 Å². The van der Waals surface area contributed by atoms with Crippen LogP contribution >= 0.6 is 0 Å². The maximum absolute atomic E-state index is 17.0. The second-order valence-corrected chi connectivity index (χ2v) is 31.5. The first-order valence-corrected chi connectivity index (χ1v) is 42.0. The zero-order chi connectivity index (χ0) is 82.8. The van der Waals surface area contributed by atoms with Crippen LogP contribution in [0, 0.1) is 0 Å². The van der Waals surface area contributed by atoms with Crippen LogP contribution in [0.1, 0.15) is 76.9 Å². The molecule has 0 atom stereocenters. The number of hydrogen-bond acceptors (Lipinski definition) is 4. The fourth-order valence-corrected chi connectivity index (χ4v) is 17.6. The lowest BCUT2D eigenvalue weighted by atomic mass is 9.89. The van der Waals surface area contributed by atoms with Crippen LogP contribution in [0.5, 0.6) is 0 Å². The molecule has 6 heteroatoms. The van der Waals surface area contributed by atoms with Gasteiger partial charge in [-0.05, 0) is 147 Å². The highest BCUT2D eigenvalue weighted by Gasteiger charge is 2.32. The van der Waals surface area contributed by atoms with Gasteiger partial charge in [-0.1, -0.05) is 437 Å². The second-order valence-electron chi connectivity index (χ2n) is 31.5. The standard InChI is InChI=1S/C118H78N4O2/c123-117(99-69-53-91(54-70-99)83-37-21-7-22-38-83)115-107-75-105-113(97-65-49-89(50-66-97)81-33-17-5-18-34-81)111(95-61-45-87(46-62-95)79-29-13-3-14-30-79)103(120-105)73-101-109(93-57-41-85(42-58-93)77-25-9-1-10-26-77)110(94-59-43-86(44-60-94)78-27-11-2-12-28-78)102(119-101)74-104-112(96-63-47-88(48-64-96)80-31-15-4-16-32-80)114(98-67-51-90(52-68-98)82-35-19-6-20-36-82)106(121-104)76-108(122-107)116(115)118(124)100-71-55-92(56-72-100)84-39-23-8-24-40-84/h1-76,119,122H. The van der Waals surface area contributed by atoms with E-state index in [1.807, 2.05) is 121 Å². The van der Waals surface area contributed by atoms with E-state index in [0.717, 1.165) is 167 Å². The van der Waals surface area contributed by atoms with Gasteiger partial charge in [0.1, 0.15) is 0 Å². The molecular weight excluding hydrogens is 1510 g/mol.